The number of guanidine groups is 1. The second-order valence-electron chi connectivity index (χ2n) is 7.51. The third-order valence-corrected chi connectivity index (χ3v) is 5.74. The van der Waals surface area contributed by atoms with Crippen LogP contribution in [0, 0.1) is 0 Å². The first-order chi connectivity index (χ1) is 12.7. The van der Waals surface area contributed by atoms with Crippen molar-refractivity contribution in [3.8, 4) is 0 Å². The van der Waals surface area contributed by atoms with Gasteiger partial charge >= 0.3 is 0 Å². The van der Waals surface area contributed by atoms with Crippen molar-refractivity contribution in [3.05, 3.63) is 18.0 Å². The highest BCUT2D eigenvalue weighted by atomic mass is 127. The van der Waals surface area contributed by atoms with E-state index < -0.39 is 0 Å². The van der Waals surface area contributed by atoms with Gasteiger partial charge in [0.05, 0.1) is 19.4 Å². The molecule has 1 aliphatic heterocycles. The van der Waals surface area contributed by atoms with E-state index in [1.807, 2.05) is 25.0 Å². The lowest BCUT2D eigenvalue weighted by atomic mass is 9.80. The fourth-order valence-corrected chi connectivity index (χ4v) is 4.25. The summed E-state index contributed by atoms with van der Waals surface area (Å²) in [6.45, 7) is 5.64. The molecule has 0 amide bonds. The molecule has 0 bridgehead atoms. The van der Waals surface area contributed by atoms with Gasteiger partial charge in [-0.3, -0.25) is 14.6 Å². The Balaban J connectivity index is 0.00000261. The highest BCUT2D eigenvalue weighted by Crippen LogP contribution is 2.33. The second-order valence-corrected chi connectivity index (χ2v) is 7.51. The van der Waals surface area contributed by atoms with Crippen LogP contribution in [-0.2, 0) is 18.2 Å². The predicted molar refractivity (Wildman–Crippen MR) is 120 cm³/mol. The van der Waals surface area contributed by atoms with E-state index >= 15 is 0 Å². The molecule has 2 fully saturated rings. The van der Waals surface area contributed by atoms with Gasteiger partial charge in [-0.05, 0) is 24.8 Å². The van der Waals surface area contributed by atoms with Crippen molar-refractivity contribution in [2.45, 2.75) is 44.1 Å². The zero-order chi connectivity index (χ0) is 18.2. The number of aromatic nitrogens is 2. The molecule has 0 spiro atoms. The van der Waals surface area contributed by atoms with Crippen molar-refractivity contribution in [2.75, 3.05) is 46.4 Å². The van der Waals surface area contributed by atoms with Crippen LogP contribution in [0.4, 0.5) is 0 Å². The lowest BCUT2D eigenvalue weighted by molar-refractivity contribution is -0.0352. The Hall–Kier alpha value is -0.870. The number of aryl methyl sites for hydroxylation is 1. The average Bonchev–Trinajstić information content (AvgIpc) is 3.11. The predicted octanol–water partition coefficient (Wildman–Crippen LogP) is 1.78. The first-order valence-electron chi connectivity index (χ1n) is 9.97. The summed E-state index contributed by atoms with van der Waals surface area (Å²) in [5, 5.41) is 11.3. The van der Waals surface area contributed by atoms with Gasteiger partial charge in [-0.2, -0.15) is 5.10 Å². The molecular formula is C19H35IN6O. The Bertz CT molecular complexity index is 579. The fraction of sp³-hybridized carbons (Fsp3) is 0.789. The number of nitrogens with zero attached hydrogens (tertiary/aromatic N) is 4. The molecule has 27 heavy (non-hydrogen) atoms. The lowest BCUT2D eigenvalue weighted by Gasteiger charge is -2.48. The number of ether oxygens (including phenoxy) is 1. The van der Waals surface area contributed by atoms with Gasteiger partial charge < -0.3 is 15.4 Å². The molecule has 3 rings (SSSR count). The van der Waals surface area contributed by atoms with E-state index in [0.29, 0.717) is 0 Å². The topological polar surface area (TPSA) is 66.7 Å². The van der Waals surface area contributed by atoms with Crippen LogP contribution >= 0.6 is 24.0 Å². The molecule has 0 radical (unpaired) electrons. The fourth-order valence-electron chi connectivity index (χ4n) is 4.25. The molecule has 1 saturated heterocycles. The van der Waals surface area contributed by atoms with E-state index in [0.717, 1.165) is 51.8 Å². The largest absolute Gasteiger partial charge is 0.379 e. The molecule has 0 unspecified atom stereocenters. The molecule has 1 aliphatic carbocycles. The monoisotopic (exact) mass is 490 g/mol. The Labute approximate surface area is 180 Å². The minimum atomic E-state index is 0. The van der Waals surface area contributed by atoms with Crippen molar-refractivity contribution in [2.24, 2.45) is 12.0 Å². The van der Waals surface area contributed by atoms with Crippen LogP contribution in [0.25, 0.3) is 0 Å². The maximum absolute atomic E-state index is 5.57. The average molecular weight is 490 g/mol. The third kappa shape index (κ3) is 6.32. The van der Waals surface area contributed by atoms with Gasteiger partial charge in [-0.25, -0.2) is 0 Å². The van der Waals surface area contributed by atoms with Crippen molar-refractivity contribution in [1.82, 2.24) is 25.3 Å². The Morgan fingerprint density at radius 1 is 1.22 bits per heavy atom. The highest BCUT2D eigenvalue weighted by molar-refractivity contribution is 14.0. The van der Waals surface area contributed by atoms with E-state index in [1.165, 1.54) is 37.7 Å². The zero-order valence-corrected chi connectivity index (χ0v) is 19.1. The summed E-state index contributed by atoms with van der Waals surface area (Å²) < 4.78 is 7.42. The van der Waals surface area contributed by atoms with Crippen LogP contribution in [0.1, 0.15) is 37.7 Å². The maximum atomic E-state index is 5.57. The van der Waals surface area contributed by atoms with Crippen LogP contribution in [0.15, 0.2) is 17.4 Å². The van der Waals surface area contributed by atoms with Gasteiger partial charge in [-0.1, -0.05) is 19.3 Å². The Kier molecular flexibility index (Phi) is 9.31. The summed E-state index contributed by atoms with van der Waals surface area (Å²) in [7, 11) is 3.80. The number of morpholine rings is 1. The summed E-state index contributed by atoms with van der Waals surface area (Å²) in [6, 6.07) is 0. The molecule has 2 aliphatic rings. The van der Waals surface area contributed by atoms with Gasteiger partial charge in [0.2, 0.25) is 0 Å². The van der Waals surface area contributed by atoms with Gasteiger partial charge in [0.1, 0.15) is 0 Å². The molecule has 0 atom stereocenters. The molecule has 1 aromatic heterocycles. The van der Waals surface area contributed by atoms with E-state index in [9.17, 15) is 0 Å². The third-order valence-electron chi connectivity index (χ3n) is 5.74. The molecular weight excluding hydrogens is 455 g/mol. The summed E-state index contributed by atoms with van der Waals surface area (Å²) >= 11 is 0. The van der Waals surface area contributed by atoms with Crippen molar-refractivity contribution in [3.63, 3.8) is 0 Å². The molecule has 0 aromatic carbocycles. The molecule has 1 saturated carbocycles. The van der Waals surface area contributed by atoms with Crippen LogP contribution < -0.4 is 10.6 Å². The smallest absolute Gasteiger partial charge is 0.191 e. The first kappa shape index (κ1) is 22.4. The highest BCUT2D eigenvalue weighted by Gasteiger charge is 2.38. The molecule has 154 valence electrons. The number of nitrogens with one attached hydrogen (secondary N) is 2. The summed E-state index contributed by atoms with van der Waals surface area (Å²) in [5.41, 5.74) is 1.50. The minimum Gasteiger partial charge on any atom is -0.379 e. The molecule has 2 N–H and O–H groups in total. The van der Waals surface area contributed by atoms with Crippen molar-refractivity contribution >= 4 is 29.9 Å². The number of hydrogen-bond acceptors (Lipinski definition) is 4. The molecule has 7 nitrogen and oxygen atoms in total. The van der Waals surface area contributed by atoms with Crippen LogP contribution in [0.2, 0.25) is 0 Å². The zero-order valence-electron chi connectivity index (χ0n) is 16.7. The van der Waals surface area contributed by atoms with E-state index in [4.69, 9.17) is 4.74 Å². The minimum absolute atomic E-state index is 0. The molecule has 8 heteroatoms. The number of halogens is 1. The first-order valence-corrected chi connectivity index (χ1v) is 9.97. The standard InChI is InChI=1S/C19H34N6O.HI/c1-20-18(21-9-6-17-14-23-24(2)15-17)22-16-19(7-4-3-5-8-19)25-10-12-26-13-11-25;/h14-15H,3-13,16H2,1-2H3,(H2,20,21,22);1H. The molecule has 2 heterocycles. The Morgan fingerprint density at radius 3 is 2.59 bits per heavy atom. The number of hydrogen-bond donors (Lipinski definition) is 2. The summed E-state index contributed by atoms with van der Waals surface area (Å²) in [5.74, 6) is 0.895. The number of rotatable bonds is 6. The number of aliphatic imine (C=N–C) groups is 1. The van der Waals surface area contributed by atoms with Gasteiger partial charge in [0.15, 0.2) is 5.96 Å². The van der Waals surface area contributed by atoms with Gasteiger partial charge in [0, 0.05) is 52.0 Å². The van der Waals surface area contributed by atoms with Gasteiger partial charge in [-0.15, -0.1) is 24.0 Å². The SMILES string of the molecule is CN=C(NCCc1cnn(C)c1)NCC1(N2CCOCC2)CCCCC1.I. The van der Waals surface area contributed by atoms with E-state index in [-0.39, 0.29) is 29.5 Å². The normalized spacial score (nSPS) is 20.7. The summed E-state index contributed by atoms with van der Waals surface area (Å²) in [6.07, 6.45) is 11.5. The van der Waals surface area contributed by atoms with E-state index in [1.54, 1.807) is 0 Å². The van der Waals surface area contributed by atoms with E-state index in [2.05, 4.69) is 31.8 Å². The maximum Gasteiger partial charge on any atom is 0.191 e. The summed E-state index contributed by atoms with van der Waals surface area (Å²) in [4.78, 5) is 7.07. The van der Waals surface area contributed by atoms with Crippen LogP contribution in [-0.4, -0.2) is 72.6 Å². The quantitative estimate of drug-likeness (QED) is 0.362. The van der Waals surface area contributed by atoms with Crippen LogP contribution in [0.5, 0.6) is 0 Å². The van der Waals surface area contributed by atoms with Crippen molar-refractivity contribution < 1.29 is 4.74 Å². The molecule has 1 aromatic rings. The lowest BCUT2D eigenvalue weighted by Crippen LogP contribution is -2.60. The van der Waals surface area contributed by atoms with Gasteiger partial charge in [0.25, 0.3) is 0 Å². The van der Waals surface area contributed by atoms with Crippen molar-refractivity contribution in [1.29, 1.82) is 0 Å². The van der Waals surface area contributed by atoms with Crippen LogP contribution in [0.3, 0.4) is 0 Å². The Morgan fingerprint density at radius 2 is 1.96 bits per heavy atom. The second kappa shape index (κ2) is 11.2.